The van der Waals surface area contributed by atoms with Gasteiger partial charge in [-0.05, 0) is 63.3 Å². The average molecular weight is 570 g/mol. The van der Waals surface area contributed by atoms with Crippen LogP contribution in [-0.4, -0.2) is 81.5 Å². The molecule has 11 nitrogen and oxygen atoms in total. The number of nitriles is 1. The minimum Gasteiger partial charge on any atom is -0.387 e. The fourth-order valence-corrected chi connectivity index (χ4v) is 6.73. The van der Waals surface area contributed by atoms with Gasteiger partial charge in [-0.1, -0.05) is 0 Å². The molecule has 3 fully saturated rings. The summed E-state index contributed by atoms with van der Waals surface area (Å²) in [5, 5.41) is 29.5. The highest BCUT2D eigenvalue weighted by Gasteiger charge is 2.44. The van der Waals surface area contributed by atoms with Crippen LogP contribution in [0.25, 0.3) is 16.9 Å². The summed E-state index contributed by atoms with van der Waals surface area (Å²) in [6, 6.07) is 8.94. The highest BCUT2D eigenvalue weighted by Crippen LogP contribution is 2.39. The number of aliphatic hydroxyl groups is 1. The Morgan fingerprint density at radius 3 is 2.73 bits per heavy atom. The highest BCUT2D eigenvalue weighted by atomic mass is 32.2. The molecule has 40 heavy (non-hydrogen) atoms. The Hall–Kier alpha value is -3.60. The lowest BCUT2D eigenvalue weighted by Gasteiger charge is -2.48. The molecule has 4 atom stereocenters. The summed E-state index contributed by atoms with van der Waals surface area (Å²) in [5.74, 6) is -0.498. The van der Waals surface area contributed by atoms with Crippen LogP contribution in [0.4, 0.5) is 10.1 Å². The number of anilines is 1. The Morgan fingerprint density at radius 1 is 1.30 bits per heavy atom. The maximum Gasteiger partial charge on any atom is 0.255 e. The molecule has 2 bridgehead atoms. The standard InChI is InChI=1S/C27H32FN7O4S/c1-27(2,37)25(28)14-31-26(36)20-13-30-23(24-7-6-19-8-16(11-29)12-32-35(19)24)10-22(20)33-21-9-18-5-4-17(21)15-34(18)40(3,38)39/h6-8,10,12-13,17-18,21,25,37H,4-5,9,14-15H2,1-3H3,(H,30,33)(H,31,36)/t17?,18?,21?,25-/m1/s1. The van der Waals surface area contributed by atoms with Crippen LogP contribution in [0.1, 0.15) is 49.0 Å². The molecular formula is C27H32FN7O4S. The Labute approximate surface area is 232 Å². The Balaban J connectivity index is 1.47. The van der Waals surface area contributed by atoms with Crippen LogP contribution < -0.4 is 10.6 Å². The number of nitrogens with zero attached hydrogens (tertiary/aromatic N) is 5. The molecule has 3 unspecified atom stereocenters. The number of amides is 1. The van der Waals surface area contributed by atoms with Gasteiger partial charge < -0.3 is 15.7 Å². The number of hydrogen-bond acceptors (Lipinski definition) is 8. The molecule has 2 aliphatic heterocycles. The number of halogens is 1. The van der Waals surface area contributed by atoms with Crippen molar-refractivity contribution in [3.05, 3.63) is 47.8 Å². The molecule has 2 saturated heterocycles. The van der Waals surface area contributed by atoms with Gasteiger partial charge in [0.1, 0.15) is 12.2 Å². The second kappa shape index (κ2) is 10.4. The number of rotatable bonds is 8. The summed E-state index contributed by atoms with van der Waals surface area (Å²) >= 11 is 0. The number of carbonyl (C=O) groups excluding carboxylic acids is 1. The first-order valence-corrected chi connectivity index (χ1v) is 15.0. The number of hydrogen-bond donors (Lipinski definition) is 3. The van der Waals surface area contributed by atoms with Crippen LogP contribution in [0.5, 0.6) is 0 Å². The molecule has 6 rings (SSSR count). The van der Waals surface area contributed by atoms with Gasteiger partial charge >= 0.3 is 0 Å². The first-order valence-electron chi connectivity index (χ1n) is 13.1. The van der Waals surface area contributed by atoms with Crippen molar-refractivity contribution < 1.29 is 22.7 Å². The van der Waals surface area contributed by atoms with E-state index in [1.54, 1.807) is 21.0 Å². The van der Waals surface area contributed by atoms with Crippen molar-refractivity contribution >= 4 is 27.1 Å². The van der Waals surface area contributed by atoms with Crippen molar-refractivity contribution in [3.8, 4) is 17.5 Å². The molecule has 0 radical (unpaired) electrons. The third kappa shape index (κ3) is 5.52. The number of fused-ring (bicyclic) bond motifs is 4. The lowest BCUT2D eigenvalue weighted by Crippen LogP contribution is -2.57. The van der Waals surface area contributed by atoms with Crippen LogP contribution in [-0.2, 0) is 10.0 Å². The van der Waals surface area contributed by atoms with E-state index >= 15 is 0 Å². The number of alkyl halides is 1. The smallest absolute Gasteiger partial charge is 0.255 e. The second-order valence-electron chi connectivity index (χ2n) is 11.2. The van der Waals surface area contributed by atoms with Crippen molar-refractivity contribution in [1.29, 1.82) is 5.26 Å². The molecule has 3 N–H and O–H groups in total. The molecule has 3 aromatic rings. The lowest BCUT2D eigenvalue weighted by atomic mass is 9.77. The Morgan fingerprint density at radius 2 is 2.08 bits per heavy atom. The molecule has 13 heteroatoms. The predicted octanol–water partition coefficient (Wildman–Crippen LogP) is 2.33. The summed E-state index contributed by atoms with van der Waals surface area (Å²) in [4.78, 5) is 17.7. The first-order chi connectivity index (χ1) is 18.8. The SMILES string of the molecule is CC(C)(O)[C@H](F)CNC(=O)c1cnc(-c2ccc3cc(C#N)cnn23)cc1NC1CC2CCC1CN2S(C)(=O)=O. The average Bonchev–Trinajstić information content (AvgIpc) is 3.34. The van der Waals surface area contributed by atoms with Crippen LogP contribution >= 0.6 is 0 Å². The van der Waals surface area contributed by atoms with Gasteiger partial charge in [-0.3, -0.25) is 9.78 Å². The first kappa shape index (κ1) is 27.9. The van der Waals surface area contributed by atoms with Gasteiger partial charge in [-0.25, -0.2) is 17.3 Å². The molecule has 0 aromatic carbocycles. The number of aromatic nitrogens is 3. The molecule has 3 aliphatic rings. The van der Waals surface area contributed by atoms with E-state index in [9.17, 15) is 28.0 Å². The van der Waals surface area contributed by atoms with Gasteiger partial charge in [0.2, 0.25) is 10.0 Å². The Bertz CT molecular complexity index is 1590. The maximum absolute atomic E-state index is 14.4. The van der Waals surface area contributed by atoms with Crippen molar-refractivity contribution in [2.75, 3.05) is 24.7 Å². The molecule has 1 aliphatic carbocycles. The Kier molecular flexibility index (Phi) is 7.28. The third-order valence-electron chi connectivity index (χ3n) is 7.80. The molecule has 1 amide bonds. The molecular weight excluding hydrogens is 537 g/mol. The van der Waals surface area contributed by atoms with Gasteiger partial charge in [0.15, 0.2) is 0 Å². The van der Waals surface area contributed by atoms with Gasteiger partial charge in [-0.15, -0.1) is 0 Å². The van der Waals surface area contributed by atoms with E-state index in [-0.39, 0.29) is 30.1 Å². The van der Waals surface area contributed by atoms with Crippen LogP contribution in [0, 0.1) is 17.2 Å². The van der Waals surface area contributed by atoms with Gasteiger partial charge in [-0.2, -0.15) is 14.7 Å². The molecule has 0 spiro atoms. The number of carbonyl (C=O) groups is 1. The summed E-state index contributed by atoms with van der Waals surface area (Å²) < 4.78 is 42.1. The summed E-state index contributed by atoms with van der Waals surface area (Å²) in [5.41, 5.74) is 1.37. The second-order valence-corrected chi connectivity index (χ2v) is 13.1. The van der Waals surface area contributed by atoms with Crippen LogP contribution in [0.3, 0.4) is 0 Å². The van der Waals surface area contributed by atoms with E-state index in [1.807, 2.05) is 12.1 Å². The summed E-state index contributed by atoms with van der Waals surface area (Å²) in [7, 11) is -3.32. The quantitative estimate of drug-likeness (QED) is 0.374. The van der Waals surface area contributed by atoms with E-state index < -0.39 is 27.7 Å². The minimum atomic E-state index is -3.32. The van der Waals surface area contributed by atoms with Gasteiger partial charge in [0, 0.05) is 24.8 Å². The van der Waals surface area contributed by atoms with Gasteiger partial charge in [0.25, 0.3) is 5.91 Å². The normalized spacial score (nSPS) is 22.1. The van der Waals surface area contributed by atoms with Gasteiger partial charge in [0.05, 0.1) is 58.3 Å². The zero-order valence-corrected chi connectivity index (χ0v) is 23.3. The highest BCUT2D eigenvalue weighted by molar-refractivity contribution is 7.88. The van der Waals surface area contributed by atoms with E-state index in [4.69, 9.17) is 0 Å². The third-order valence-corrected chi connectivity index (χ3v) is 9.10. The van der Waals surface area contributed by atoms with Crippen LogP contribution in [0.2, 0.25) is 0 Å². The largest absolute Gasteiger partial charge is 0.387 e. The number of sulfonamides is 1. The number of nitrogens with one attached hydrogen (secondary N) is 2. The molecule has 1 saturated carbocycles. The van der Waals surface area contributed by atoms with E-state index in [1.165, 1.54) is 32.5 Å². The van der Waals surface area contributed by atoms with Crippen molar-refractivity contribution in [3.63, 3.8) is 0 Å². The molecule has 3 aromatic heterocycles. The topological polar surface area (TPSA) is 153 Å². The lowest BCUT2D eigenvalue weighted by molar-refractivity contribution is -0.00177. The molecule has 212 valence electrons. The number of piperidine rings is 2. The fourth-order valence-electron chi connectivity index (χ4n) is 5.53. The van der Waals surface area contributed by atoms with E-state index in [2.05, 4.69) is 26.8 Å². The maximum atomic E-state index is 14.4. The monoisotopic (exact) mass is 569 g/mol. The predicted molar refractivity (Wildman–Crippen MR) is 147 cm³/mol. The van der Waals surface area contributed by atoms with Crippen LogP contribution in [0.15, 0.2) is 36.7 Å². The number of pyridine rings is 1. The fraction of sp³-hybridized carbons (Fsp3) is 0.481. The van der Waals surface area contributed by atoms with E-state index in [0.717, 1.165) is 12.8 Å². The van der Waals surface area contributed by atoms with Crippen molar-refractivity contribution in [1.82, 2.24) is 24.2 Å². The molecule has 5 heterocycles. The summed E-state index contributed by atoms with van der Waals surface area (Å²) in [6.45, 7) is 2.70. The zero-order chi connectivity index (χ0) is 28.8. The summed E-state index contributed by atoms with van der Waals surface area (Å²) in [6.07, 6.45) is 4.66. The van der Waals surface area contributed by atoms with E-state index in [0.29, 0.717) is 41.1 Å². The zero-order valence-electron chi connectivity index (χ0n) is 22.5. The minimum absolute atomic E-state index is 0.0536. The van der Waals surface area contributed by atoms with Crippen molar-refractivity contribution in [2.24, 2.45) is 5.92 Å². The van der Waals surface area contributed by atoms with Crippen molar-refractivity contribution in [2.45, 2.75) is 57.0 Å².